The van der Waals surface area contributed by atoms with Crippen molar-refractivity contribution in [2.24, 2.45) is 4.99 Å². The number of ether oxygens (including phenoxy) is 1. The maximum atomic E-state index is 13.3. The number of halogens is 1. The molecule has 1 aromatic carbocycles. The highest BCUT2D eigenvalue weighted by atomic mass is 19.1. The highest BCUT2D eigenvalue weighted by Gasteiger charge is 2.09. The van der Waals surface area contributed by atoms with E-state index in [1.54, 1.807) is 18.3 Å². The summed E-state index contributed by atoms with van der Waals surface area (Å²) in [6, 6.07) is 12.1. The fraction of sp³-hybridized carbons (Fsp3) is 0.400. The van der Waals surface area contributed by atoms with Gasteiger partial charge in [0.05, 0.1) is 6.54 Å². The number of guanidine groups is 1. The lowest BCUT2D eigenvalue weighted by atomic mass is 10.2. The second-order valence-corrected chi connectivity index (χ2v) is 5.82. The Hall–Kier alpha value is -2.63. The summed E-state index contributed by atoms with van der Waals surface area (Å²) in [5.41, 5.74) is 1.04. The molecule has 0 saturated carbocycles. The molecule has 1 heterocycles. The molecule has 26 heavy (non-hydrogen) atoms. The number of hydrogen-bond donors (Lipinski definition) is 2. The van der Waals surface area contributed by atoms with Crippen molar-refractivity contribution in [3.8, 4) is 5.75 Å². The lowest BCUT2D eigenvalue weighted by Gasteiger charge is -2.17. The van der Waals surface area contributed by atoms with Gasteiger partial charge >= 0.3 is 0 Å². The van der Waals surface area contributed by atoms with Crippen LogP contribution in [0.1, 0.15) is 26.0 Å². The SMILES string of the molecule is CCNC(=NCC(CC)Oc1cccc(F)c1)NCCc1ccccn1. The van der Waals surface area contributed by atoms with Gasteiger partial charge in [0.15, 0.2) is 5.96 Å². The molecule has 0 saturated heterocycles. The Morgan fingerprint density at radius 2 is 2.08 bits per heavy atom. The zero-order valence-electron chi connectivity index (χ0n) is 15.4. The second-order valence-electron chi connectivity index (χ2n) is 5.82. The Balaban J connectivity index is 1.86. The Bertz CT molecular complexity index is 679. The molecule has 0 aliphatic carbocycles. The van der Waals surface area contributed by atoms with Gasteiger partial charge < -0.3 is 15.4 Å². The molecule has 2 N–H and O–H groups in total. The lowest BCUT2D eigenvalue weighted by Crippen LogP contribution is -2.39. The number of nitrogens with one attached hydrogen (secondary N) is 2. The standard InChI is InChI=1S/C20H27FN4O/c1-3-18(26-19-10-7-8-16(21)14-19)15-25-20(22-4-2)24-13-11-17-9-5-6-12-23-17/h5-10,12,14,18H,3-4,11,13,15H2,1-2H3,(H2,22,24,25). The summed E-state index contributed by atoms with van der Waals surface area (Å²) in [4.78, 5) is 8.90. The average Bonchev–Trinajstić information content (AvgIpc) is 2.66. The van der Waals surface area contributed by atoms with Gasteiger partial charge in [-0.1, -0.05) is 19.1 Å². The minimum Gasteiger partial charge on any atom is -0.488 e. The first kappa shape index (κ1) is 19.7. The zero-order chi connectivity index (χ0) is 18.6. The Labute approximate surface area is 154 Å². The first-order valence-corrected chi connectivity index (χ1v) is 9.05. The van der Waals surface area contributed by atoms with Crippen molar-refractivity contribution in [3.63, 3.8) is 0 Å². The Morgan fingerprint density at radius 1 is 1.19 bits per heavy atom. The number of aromatic nitrogens is 1. The molecule has 5 nitrogen and oxygen atoms in total. The summed E-state index contributed by atoms with van der Waals surface area (Å²) in [6.45, 7) is 6.06. The van der Waals surface area contributed by atoms with Crippen LogP contribution in [0.15, 0.2) is 53.7 Å². The summed E-state index contributed by atoms with van der Waals surface area (Å²) in [5, 5.41) is 6.53. The molecule has 0 amide bonds. The van der Waals surface area contributed by atoms with E-state index in [1.807, 2.05) is 32.0 Å². The van der Waals surface area contributed by atoms with Crippen LogP contribution in [0.3, 0.4) is 0 Å². The number of rotatable bonds is 9. The van der Waals surface area contributed by atoms with Crippen LogP contribution in [0.5, 0.6) is 5.75 Å². The van der Waals surface area contributed by atoms with Crippen molar-refractivity contribution in [1.29, 1.82) is 0 Å². The summed E-state index contributed by atoms with van der Waals surface area (Å²) in [6.07, 6.45) is 3.29. The highest BCUT2D eigenvalue weighted by molar-refractivity contribution is 5.79. The number of hydrogen-bond acceptors (Lipinski definition) is 3. The van der Waals surface area contributed by atoms with Crippen LogP contribution in [0, 0.1) is 5.82 Å². The minimum atomic E-state index is -0.301. The molecule has 1 aromatic heterocycles. The molecule has 0 bridgehead atoms. The maximum absolute atomic E-state index is 13.3. The Morgan fingerprint density at radius 3 is 2.77 bits per heavy atom. The monoisotopic (exact) mass is 358 g/mol. The number of pyridine rings is 1. The predicted molar refractivity (Wildman–Crippen MR) is 103 cm³/mol. The van der Waals surface area contributed by atoms with Gasteiger partial charge in [0.1, 0.15) is 17.7 Å². The molecule has 1 atom stereocenters. The normalized spacial score (nSPS) is 12.5. The average molecular weight is 358 g/mol. The second kappa shape index (κ2) is 11.1. The molecule has 2 aromatic rings. The molecule has 140 valence electrons. The first-order valence-electron chi connectivity index (χ1n) is 9.05. The van der Waals surface area contributed by atoms with E-state index in [9.17, 15) is 4.39 Å². The van der Waals surface area contributed by atoms with Gasteiger partial charge in [-0.15, -0.1) is 0 Å². The lowest BCUT2D eigenvalue weighted by molar-refractivity contribution is 0.205. The molecule has 1 unspecified atom stereocenters. The van der Waals surface area contributed by atoms with Crippen LogP contribution in [0.4, 0.5) is 4.39 Å². The Kier molecular flexibility index (Phi) is 8.39. The van der Waals surface area contributed by atoms with Gasteiger partial charge in [-0.3, -0.25) is 4.98 Å². The smallest absolute Gasteiger partial charge is 0.191 e. The molecule has 0 spiro atoms. The highest BCUT2D eigenvalue weighted by Crippen LogP contribution is 2.15. The molecule has 0 aliphatic rings. The van der Waals surface area contributed by atoms with E-state index < -0.39 is 0 Å². The third kappa shape index (κ3) is 7.09. The fourth-order valence-electron chi connectivity index (χ4n) is 2.37. The molecule has 6 heteroatoms. The molecule has 0 aliphatic heterocycles. The van der Waals surface area contributed by atoms with Crippen molar-refractivity contribution in [2.45, 2.75) is 32.8 Å². The van der Waals surface area contributed by atoms with Gasteiger partial charge in [-0.05, 0) is 37.6 Å². The van der Waals surface area contributed by atoms with E-state index >= 15 is 0 Å². The van der Waals surface area contributed by atoms with E-state index in [-0.39, 0.29) is 11.9 Å². The van der Waals surface area contributed by atoms with E-state index in [1.165, 1.54) is 12.1 Å². The number of aliphatic imine (C=N–C) groups is 1. The molecule has 2 rings (SSSR count). The van der Waals surface area contributed by atoms with Crippen LogP contribution in [0.2, 0.25) is 0 Å². The van der Waals surface area contributed by atoms with Crippen LogP contribution in [-0.4, -0.2) is 36.7 Å². The van der Waals surface area contributed by atoms with Crippen LogP contribution < -0.4 is 15.4 Å². The van der Waals surface area contributed by atoms with Crippen molar-refractivity contribution >= 4 is 5.96 Å². The van der Waals surface area contributed by atoms with E-state index in [0.717, 1.165) is 37.6 Å². The molecule has 0 radical (unpaired) electrons. The third-order valence-electron chi connectivity index (χ3n) is 3.75. The van der Waals surface area contributed by atoms with Crippen LogP contribution in [-0.2, 0) is 6.42 Å². The van der Waals surface area contributed by atoms with Crippen LogP contribution >= 0.6 is 0 Å². The maximum Gasteiger partial charge on any atom is 0.191 e. The topological polar surface area (TPSA) is 58.5 Å². The van der Waals surface area contributed by atoms with Crippen molar-refractivity contribution in [2.75, 3.05) is 19.6 Å². The number of benzene rings is 1. The third-order valence-corrected chi connectivity index (χ3v) is 3.75. The summed E-state index contributed by atoms with van der Waals surface area (Å²) >= 11 is 0. The van der Waals surface area contributed by atoms with Crippen molar-refractivity contribution in [1.82, 2.24) is 15.6 Å². The van der Waals surface area contributed by atoms with Gasteiger partial charge in [0, 0.05) is 37.5 Å². The summed E-state index contributed by atoms with van der Waals surface area (Å²) < 4.78 is 19.1. The van der Waals surface area contributed by atoms with Crippen molar-refractivity contribution < 1.29 is 9.13 Å². The largest absolute Gasteiger partial charge is 0.488 e. The quantitative estimate of drug-likeness (QED) is 0.534. The van der Waals surface area contributed by atoms with Gasteiger partial charge in [-0.25, -0.2) is 9.38 Å². The van der Waals surface area contributed by atoms with E-state index in [2.05, 4.69) is 20.6 Å². The van der Waals surface area contributed by atoms with E-state index in [4.69, 9.17) is 4.74 Å². The van der Waals surface area contributed by atoms with Gasteiger partial charge in [0.25, 0.3) is 0 Å². The number of nitrogens with zero attached hydrogens (tertiary/aromatic N) is 2. The minimum absolute atomic E-state index is 0.108. The molecule has 0 fully saturated rings. The van der Waals surface area contributed by atoms with Crippen LogP contribution in [0.25, 0.3) is 0 Å². The van der Waals surface area contributed by atoms with Crippen molar-refractivity contribution in [3.05, 3.63) is 60.2 Å². The molecular weight excluding hydrogens is 331 g/mol. The van der Waals surface area contributed by atoms with Gasteiger partial charge in [-0.2, -0.15) is 0 Å². The first-order chi connectivity index (χ1) is 12.7. The summed E-state index contributed by atoms with van der Waals surface area (Å²) in [7, 11) is 0. The van der Waals surface area contributed by atoms with E-state index in [0.29, 0.717) is 12.3 Å². The predicted octanol–water partition coefficient (Wildman–Crippen LogP) is 3.18. The summed E-state index contributed by atoms with van der Waals surface area (Å²) in [5.74, 6) is 0.968. The fourth-order valence-corrected chi connectivity index (χ4v) is 2.37. The zero-order valence-corrected chi connectivity index (χ0v) is 15.4. The molecular formula is C20H27FN4O. The van der Waals surface area contributed by atoms with Gasteiger partial charge in [0.2, 0.25) is 0 Å².